The Labute approximate surface area is 140 Å². The molecule has 22 heavy (non-hydrogen) atoms. The van der Waals surface area contributed by atoms with E-state index in [0.29, 0.717) is 6.54 Å². The number of nitrogens with one attached hydrogen (secondary N) is 1. The van der Waals surface area contributed by atoms with E-state index in [9.17, 15) is 0 Å². The third kappa shape index (κ3) is 4.41. The van der Waals surface area contributed by atoms with Gasteiger partial charge in [0.2, 0.25) is 0 Å². The Morgan fingerprint density at radius 2 is 1.77 bits per heavy atom. The maximum Gasteiger partial charge on any atom is 0.162 e. The van der Waals surface area contributed by atoms with Crippen molar-refractivity contribution in [1.29, 1.82) is 0 Å². The zero-order valence-corrected chi connectivity index (χ0v) is 15.0. The second kappa shape index (κ2) is 7.54. The molecule has 0 radical (unpaired) electrons. The number of rotatable bonds is 6. The van der Waals surface area contributed by atoms with Crippen molar-refractivity contribution in [2.45, 2.75) is 33.4 Å². The number of benzene rings is 2. The molecule has 0 aromatic heterocycles. The smallest absolute Gasteiger partial charge is 0.162 e. The van der Waals surface area contributed by atoms with Crippen molar-refractivity contribution in [2.75, 3.05) is 12.4 Å². The topological polar surface area (TPSA) is 30.5 Å². The van der Waals surface area contributed by atoms with Gasteiger partial charge in [-0.05, 0) is 50.6 Å². The number of aryl methyl sites for hydroxylation is 1. The summed E-state index contributed by atoms with van der Waals surface area (Å²) in [5.74, 6) is 1.50. The van der Waals surface area contributed by atoms with E-state index < -0.39 is 0 Å². The summed E-state index contributed by atoms with van der Waals surface area (Å²) in [5, 5.41) is 3.41. The molecule has 0 unspecified atom stereocenters. The fourth-order valence-corrected chi connectivity index (χ4v) is 2.55. The molecule has 2 rings (SSSR count). The second-order valence-corrected chi connectivity index (χ2v) is 6.33. The van der Waals surface area contributed by atoms with Crippen LogP contribution >= 0.6 is 15.9 Å². The Bertz CT molecular complexity index is 624. The molecule has 0 amide bonds. The molecule has 0 fully saturated rings. The molecule has 0 saturated heterocycles. The van der Waals surface area contributed by atoms with Gasteiger partial charge in [-0.15, -0.1) is 0 Å². The molecule has 3 nitrogen and oxygen atoms in total. The van der Waals surface area contributed by atoms with Crippen molar-refractivity contribution in [3.05, 3.63) is 52.0 Å². The summed E-state index contributed by atoms with van der Waals surface area (Å²) >= 11 is 3.61. The van der Waals surface area contributed by atoms with E-state index in [4.69, 9.17) is 9.47 Å². The minimum absolute atomic E-state index is 0.109. The molecule has 0 atom stereocenters. The van der Waals surface area contributed by atoms with Gasteiger partial charge in [0.25, 0.3) is 0 Å². The normalized spacial score (nSPS) is 10.6. The summed E-state index contributed by atoms with van der Waals surface area (Å²) in [4.78, 5) is 0. The van der Waals surface area contributed by atoms with Gasteiger partial charge in [0.1, 0.15) is 0 Å². The predicted octanol–water partition coefficient (Wildman–Crippen LogP) is 5.17. The van der Waals surface area contributed by atoms with Crippen LogP contribution in [0.5, 0.6) is 11.5 Å². The Morgan fingerprint density at radius 1 is 1.09 bits per heavy atom. The van der Waals surface area contributed by atoms with E-state index in [-0.39, 0.29) is 6.10 Å². The average Bonchev–Trinajstić information content (AvgIpc) is 2.47. The van der Waals surface area contributed by atoms with Crippen LogP contribution < -0.4 is 14.8 Å². The first-order valence-electron chi connectivity index (χ1n) is 7.33. The Balaban J connectivity index is 2.15. The SMILES string of the molecule is COc1cc(CNc2ccc(C)cc2)c(Br)cc1OC(C)C. The van der Waals surface area contributed by atoms with Crippen molar-refractivity contribution in [1.82, 2.24) is 0 Å². The van der Waals surface area contributed by atoms with E-state index in [1.165, 1.54) is 5.56 Å². The van der Waals surface area contributed by atoms with Crippen molar-refractivity contribution in [3.8, 4) is 11.5 Å². The van der Waals surface area contributed by atoms with Gasteiger partial charge in [-0.1, -0.05) is 33.6 Å². The van der Waals surface area contributed by atoms with E-state index in [1.807, 2.05) is 26.0 Å². The lowest BCUT2D eigenvalue weighted by Gasteiger charge is -2.16. The molecular weight excluding hydrogens is 342 g/mol. The zero-order valence-electron chi connectivity index (χ0n) is 13.4. The highest BCUT2D eigenvalue weighted by Gasteiger charge is 2.11. The summed E-state index contributed by atoms with van der Waals surface area (Å²) in [5.41, 5.74) is 3.47. The molecule has 0 aliphatic carbocycles. The van der Waals surface area contributed by atoms with Gasteiger partial charge in [-0.2, -0.15) is 0 Å². The van der Waals surface area contributed by atoms with Crippen molar-refractivity contribution < 1.29 is 9.47 Å². The fraction of sp³-hybridized carbons (Fsp3) is 0.333. The molecule has 1 N–H and O–H groups in total. The van der Waals surface area contributed by atoms with E-state index in [0.717, 1.165) is 27.2 Å². The van der Waals surface area contributed by atoms with Gasteiger partial charge in [0, 0.05) is 16.7 Å². The lowest BCUT2D eigenvalue weighted by Crippen LogP contribution is -2.08. The van der Waals surface area contributed by atoms with Crippen LogP contribution in [0.15, 0.2) is 40.9 Å². The highest BCUT2D eigenvalue weighted by molar-refractivity contribution is 9.10. The highest BCUT2D eigenvalue weighted by atomic mass is 79.9. The maximum atomic E-state index is 5.77. The van der Waals surface area contributed by atoms with Gasteiger partial charge in [-0.25, -0.2) is 0 Å². The molecule has 2 aromatic carbocycles. The molecule has 0 saturated carbocycles. The molecule has 4 heteroatoms. The number of ether oxygens (including phenoxy) is 2. The lowest BCUT2D eigenvalue weighted by molar-refractivity contribution is 0.230. The van der Waals surface area contributed by atoms with Crippen LogP contribution in [0, 0.1) is 6.92 Å². The molecule has 0 heterocycles. The second-order valence-electron chi connectivity index (χ2n) is 5.48. The number of hydrogen-bond donors (Lipinski definition) is 1. The molecule has 0 spiro atoms. The standard InChI is InChI=1S/C18H22BrNO2/c1-12(2)22-18-10-16(19)14(9-17(18)21-4)11-20-15-7-5-13(3)6-8-15/h5-10,12,20H,11H2,1-4H3. The lowest BCUT2D eigenvalue weighted by atomic mass is 10.2. The Morgan fingerprint density at radius 3 is 2.36 bits per heavy atom. The van der Waals surface area contributed by atoms with Crippen molar-refractivity contribution in [3.63, 3.8) is 0 Å². The minimum Gasteiger partial charge on any atom is -0.493 e. The molecule has 0 bridgehead atoms. The largest absolute Gasteiger partial charge is 0.493 e. The predicted molar refractivity (Wildman–Crippen MR) is 95.0 cm³/mol. The quantitative estimate of drug-likeness (QED) is 0.768. The van der Waals surface area contributed by atoms with Crippen LogP contribution in [0.3, 0.4) is 0 Å². The van der Waals surface area contributed by atoms with E-state index >= 15 is 0 Å². The monoisotopic (exact) mass is 363 g/mol. The number of methoxy groups -OCH3 is 1. The van der Waals surface area contributed by atoms with Gasteiger partial charge in [0.15, 0.2) is 11.5 Å². The van der Waals surface area contributed by atoms with Crippen LogP contribution in [0.25, 0.3) is 0 Å². The summed E-state index contributed by atoms with van der Waals surface area (Å²) in [6.45, 7) is 6.79. The molecule has 0 aliphatic heterocycles. The average molecular weight is 364 g/mol. The molecule has 2 aromatic rings. The van der Waals surface area contributed by atoms with Crippen molar-refractivity contribution in [2.24, 2.45) is 0 Å². The van der Waals surface area contributed by atoms with E-state index in [2.05, 4.69) is 52.4 Å². The summed E-state index contributed by atoms with van der Waals surface area (Å²) < 4.78 is 12.2. The number of anilines is 1. The molecular formula is C18H22BrNO2. The Kier molecular flexibility index (Phi) is 5.72. The maximum absolute atomic E-state index is 5.77. The summed E-state index contributed by atoms with van der Waals surface area (Å²) in [6.07, 6.45) is 0.109. The number of hydrogen-bond acceptors (Lipinski definition) is 3. The first-order chi connectivity index (χ1) is 10.5. The summed E-state index contributed by atoms with van der Waals surface area (Å²) in [7, 11) is 1.66. The van der Waals surface area contributed by atoms with Crippen LogP contribution in [0.1, 0.15) is 25.0 Å². The minimum atomic E-state index is 0.109. The van der Waals surface area contributed by atoms with Crippen LogP contribution in [0.4, 0.5) is 5.69 Å². The fourth-order valence-electron chi connectivity index (χ4n) is 2.09. The van der Waals surface area contributed by atoms with Gasteiger partial charge in [0.05, 0.1) is 13.2 Å². The molecule has 0 aliphatic rings. The van der Waals surface area contributed by atoms with Crippen molar-refractivity contribution >= 4 is 21.6 Å². The Hall–Kier alpha value is -1.68. The summed E-state index contributed by atoms with van der Waals surface area (Å²) in [6, 6.07) is 12.3. The first-order valence-corrected chi connectivity index (χ1v) is 8.12. The first kappa shape index (κ1) is 16.7. The zero-order chi connectivity index (χ0) is 16.1. The van der Waals surface area contributed by atoms with Crippen LogP contribution in [0.2, 0.25) is 0 Å². The number of halogens is 1. The third-order valence-corrected chi connectivity index (χ3v) is 3.97. The van der Waals surface area contributed by atoms with E-state index in [1.54, 1.807) is 7.11 Å². The highest BCUT2D eigenvalue weighted by Crippen LogP contribution is 2.34. The van der Waals surface area contributed by atoms with Gasteiger partial charge in [-0.3, -0.25) is 0 Å². The van der Waals surface area contributed by atoms with Gasteiger partial charge >= 0.3 is 0 Å². The van der Waals surface area contributed by atoms with Crippen LogP contribution in [-0.4, -0.2) is 13.2 Å². The van der Waals surface area contributed by atoms with Crippen LogP contribution in [-0.2, 0) is 6.54 Å². The third-order valence-electron chi connectivity index (χ3n) is 3.23. The molecule has 118 valence electrons. The van der Waals surface area contributed by atoms with Gasteiger partial charge < -0.3 is 14.8 Å².